The molecule has 0 saturated carbocycles. The van der Waals surface area contributed by atoms with Crippen LogP contribution < -0.4 is 10.9 Å². The first-order chi connectivity index (χ1) is 14.1. The van der Waals surface area contributed by atoms with E-state index in [0.717, 1.165) is 5.56 Å². The number of fused-ring (bicyclic) bond motifs is 4. The number of nitrogens with zero attached hydrogens (tertiary/aromatic N) is 3. The van der Waals surface area contributed by atoms with Crippen LogP contribution in [0, 0.1) is 0 Å². The van der Waals surface area contributed by atoms with Gasteiger partial charge in [0.2, 0.25) is 0 Å². The van der Waals surface area contributed by atoms with Gasteiger partial charge in [-0.2, -0.15) is 0 Å². The van der Waals surface area contributed by atoms with Gasteiger partial charge < -0.3 is 5.32 Å². The van der Waals surface area contributed by atoms with Crippen molar-refractivity contribution in [2.24, 2.45) is 0 Å². The molecule has 0 aliphatic carbocycles. The highest BCUT2D eigenvalue weighted by Gasteiger charge is 2.30. The smallest absolute Gasteiger partial charge is 0.267 e. The van der Waals surface area contributed by atoms with Crippen molar-refractivity contribution in [3.63, 3.8) is 0 Å². The molecule has 5 rings (SSSR count). The Morgan fingerprint density at radius 3 is 2.69 bits per heavy atom. The molecular weight excluding hydrogens is 388 g/mol. The average Bonchev–Trinajstić information content (AvgIpc) is 2.84. The van der Waals surface area contributed by atoms with Gasteiger partial charge >= 0.3 is 0 Å². The number of halogens is 1. The molecule has 1 amide bonds. The minimum absolute atomic E-state index is 0.281. The second-order valence-electron chi connectivity index (χ2n) is 6.86. The second-order valence-corrected chi connectivity index (χ2v) is 7.30. The summed E-state index contributed by atoms with van der Waals surface area (Å²) in [6.07, 6.45) is 2.05. The maximum atomic E-state index is 13.4. The van der Waals surface area contributed by atoms with E-state index in [9.17, 15) is 9.59 Å². The van der Waals surface area contributed by atoms with E-state index in [1.807, 2.05) is 30.3 Å². The molecular formula is C22H15ClN4O2. The van der Waals surface area contributed by atoms with E-state index in [-0.39, 0.29) is 17.3 Å². The number of hydrogen-bond acceptors (Lipinski definition) is 4. The zero-order valence-electron chi connectivity index (χ0n) is 15.2. The highest BCUT2D eigenvalue weighted by atomic mass is 35.5. The molecule has 1 aliphatic heterocycles. The highest BCUT2D eigenvalue weighted by molar-refractivity contribution is 6.31. The molecule has 0 bridgehead atoms. The summed E-state index contributed by atoms with van der Waals surface area (Å²) in [7, 11) is 0. The monoisotopic (exact) mass is 402 g/mol. The van der Waals surface area contributed by atoms with Gasteiger partial charge in [0.05, 0.1) is 22.5 Å². The minimum atomic E-state index is -0.504. The minimum Gasteiger partial charge on any atom is -0.342 e. The van der Waals surface area contributed by atoms with Gasteiger partial charge in [-0.3, -0.25) is 9.59 Å². The average molecular weight is 403 g/mol. The molecule has 142 valence electrons. The van der Waals surface area contributed by atoms with Crippen molar-refractivity contribution in [3.05, 3.63) is 99.2 Å². The van der Waals surface area contributed by atoms with E-state index >= 15 is 0 Å². The van der Waals surface area contributed by atoms with Crippen LogP contribution >= 0.6 is 11.6 Å². The van der Waals surface area contributed by atoms with Crippen LogP contribution in [0.15, 0.2) is 71.7 Å². The Kier molecular flexibility index (Phi) is 4.14. The summed E-state index contributed by atoms with van der Waals surface area (Å²) in [5.74, 6) is 0.422. The molecule has 6 nitrogen and oxygen atoms in total. The predicted molar refractivity (Wildman–Crippen MR) is 110 cm³/mol. The molecule has 0 fully saturated rings. The number of benzene rings is 2. The third-order valence-electron chi connectivity index (χ3n) is 5.00. The van der Waals surface area contributed by atoms with E-state index in [2.05, 4.69) is 10.3 Å². The fourth-order valence-corrected chi connectivity index (χ4v) is 3.83. The van der Waals surface area contributed by atoms with Gasteiger partial charge in [0, 0.05) is 11.2 Å². The molecule has 0 saturated heterocycles. The lowest BCUT2D eigenvalue weighted by molar-refractivity contribution is 0.0938. The number of rotatable bonds is 2. The molecule has 4 aromatic rings. The Morgan fingerprint density at radius 2 is 1.86 bits per heavy atom. The highest BCUT2D eigenvalue weighted by Crippen LogP contribution is 2.26. The maximum absolute atomic E-state index is 13.4. The van der Waals surface area contributed by atoms with Crippen LogP contribution in [0.25, 0.3) is 16.7 Å². The third kappa shape index (κ3) is 2.98. The number of amides is 1. The van der Waals surface area contributed by atoms with E-state index in [0.29, 0.717) is 33.7 Å². The fraction of sp³-hybridized carbons (Fsp3) is 0.0909. The molecule has 0 radical (unpaired) electrons. The second kappa shape index (κ2) is 6.83. The topological polar surface area (TPSA) is 76.9 Å². The van der Waals surface area contributed by atoms with Crippen molar-refractivity contribution < 1.29 is 4.79 Å². The van der Waals surface area contributed by atoms with Crippen LogP contribution in [0.5, 0.6) is 0 Å². The Labute approximate surface area is 170 Å². The van der Waals surface area contributed by atoms with Crippen LogP contribution in [0.2, 0.25) is 5.02 Å². The molecule has 1 N–H and O–H groups in total. The van der Waals surface area contributed by atoms with Gasteiger partial charge in [-0.05, 0) is 42.3 Å². The Bertz CT molecular complexity index is 1320. The number of carbonyl (C=O) groups is 1. The summed E-state index contributed by atoms with van der Waals surface area (Å²) in [5.41, 5.74) is 1.56. The Hall–Kier alpha value is -3.51. The lowest BCUT2D eigenvalue weighted by Gasteiger charge is -2.19. The summed E-state index contributed by atoms with van der Waals surface area (Å²) in [6.45, 7) is 0. The summed E-state index contributed by atoms with van der Waals surface area (Å²) in [6, 6.07) is 17.5. The van der Waals surface area contributed by atoms with Gasteiger partial charge in [0.1, 0.15) is 5.82 Å². The lowest BCUT2D eigenvalue weighted by atomic mass is 10.0. The maximum Gasteiger partial charge on any atom is 0.267 e. The summed E-state index contributed by atoms with van der Waals surface area (Å²) < 4.78 is 1.44. The van der Waals surface area contributed by atoms with E-state index in [1.165, 1.54) is 4.57 Å². The predicted octanol–water partition coefficient (Wildman–Crippen LogP) is 3.46. The van der Waals surface area contributed by atoms with Gasteiger partial charge in [-0.25, -0.2) is 14.5 Å². The standard InChI is InChI=1S/C22H15ClN4O2/c23-14-8-9-15-17(12-14)25-20-18(11-13-5-2-1-3-6-13)26-21(28)16-7-4-10-24-19(16)27(20)22(15)29/h1-10,12,18H,11H2,(H,26,28). The lowest BCUT2D eigenvalue weighted by Crippen LogP contribution is -2.32. The Balaban J connectivity index is 1.81. The first-order valence-electron chi connectivity index (χ1n) is 9.14. The van der Waals surface area contributed by atoms with E-state index in [1.54, 1.807) is 36.5 Å². The van der Waals surface area contributed by atoms with Crippen molar-refractivity contribution in [1.29, 1.82) is 0 Å². The van der Waals surface area contributed by atoms with Crippen molar-refractivity contribution >= 4 is 28.4 Å². The quantitative estimate of drug-likeness (QED) is 0.557. The van der Waals surface area contributed by atoms with Gasteiger partial charge in [0.15, 0.2) is 5.82 Å². The number of pyridine rings is 1. The normalized spacial score (nSPS) is 15.3. The number of aromatic nitrogens is 3. The molecule has 2 aromatic carbocycles. The zero-order valence-corrected chi connectivity index (χ0v) is 15.9. The summed E-state index contributed by atoms with van der Waals surface area (Å²) in [4.78, 5) is 35.4. The molecule has 2 aromatic heterocycles. The Morgan fingerprint density at radius 1 is 1.03 bits per heavy atom. The van der Waals surface area contributed by atoms with Gasteiger partial charge in [-0.15, -0.1) is 0 Å². The van der Waals surface area contributed by atoms with Crippen molar-refractivity contribution in [3.8, 4) is 5.82 Å². The van der Waals surface area contributed by atoms with Crippen molar-refractivity contribution in [1.82, 2.24) is 19.9 Å². The molecule has 1 atom stereocenters. The fourth-order valence-electron chi connectivity index (χ4n) is 3.66. The van der Waals surface area contributed by atoms with Crippen molar-refractivity contribution in [2.75, 3.05) is 0 Å². The van der Waals surface area contributed by atoms with Gasteiger partial charge in [-0.1, -0.05) is 41.9 Å². The van der Waals surface area contributed by atoms with E-state index in [4.69, 9.17) is 16.6 Å². The van der Waals surface area contributed by atoms with Crippen LogP contribution in [-0.4, -0.2) is 20.4 Å². The molecule has 7 heteroatoms. The first kappa shape index (κ1) is 17.6. The molecule has 29 heavy (non-hydrogen) atoms. The van der Waals surface area contributed by atoms with Crippen LogP contribution in [0.3, 0.4) is 0 Å². The zero-order chi connectivity index (χ0) is 20.0. The van der Waals surface area contributed by atoms with Crippen molar-refractivity contribution in [2.45, 2.75) is 12.5 Å². The molecule has 3 heterocycles. The summed E-state index contributed by atoms with van der Waals surface area (Å²) >= 11 is 6.13. The third-order valence-corrected chi connectivity index (χ3v) is 5.24. The van der Waals surface area contributed by atoms with Crippen LogP contribution in [0.1, 0.15) is 27.8 Å². The first-order valence-corrected chi connectivity index (χ1v) is 9.52. The SMILES string of the molecule is O=C1NC(Cc2ccccc2)c2nc3cc(Cl)ccc3c(=O)n2-c2ncccc21. The molecule has 1 aliphatic rings. The van der Waals surface area contributed by atoms with Gasteiger partial charge in [0.25, 0.3) is 11.5 Å². The van der Waals surface area contributed by atoms with Crippen LogP contribution in [-0.2, 0) is 6.42 Å². The summed E-state index contributed by atoms with van der Waals surface area (Å²) in [5, 5.41) is 3.92. The number of hydrogen-bond donors (Lipinski definition) is 1. The van der Waals surface area contributed by atoms with E-state index < -0.39 is 6.04 Å². The van der Waals surface area contributed by atoms with Crippen LogP contribution in [0.4, 0.5) is 0 Å². The molecule has 1 unspecified atom stereocenters. The molecule has 0 spiro atoms. The number of carbonyl (C=O) groups excluding carboxylic acids is 1. The largest absolute Gasteiger partial charge is 0.342 e. The number of nitrogens with one attached hydrogen (secondary N) is 1.